The number of hydrogen-bond acceptors (Lipinski definition) is 4. The molecule has 3 unspecified atom stereocenters. The van der Waals surface area contributed by atoms with Crippen molar-refractivity contribution in [3.8, 4) is 0 Å². The topological polar surface area (TPSA) is 66.8 Å². The Morgan fingerprint density at radius 3 is 2.55 bits per heavy atom. The lowest BCUT2D eigenvalue weighted by molar-refractivity contribution is -1.11. The lowest BCUT2D eigenvalue weighted by atomic mass is 9.93. The number of hydrogen-bond donors (Lipinski definition) is 1. The van der Waals surface area contributed by atoms with Crippen LogP contribution in [0.15, 0.2) is 48.5 Å². The molecule has 1 fully saturated rings. The summed E-state index contributed by atoms with van der Waals surface area (Å²) in [4.78, 5) is 31.4. The van der Waals surface area contributed by atoms with E-state index in [1.54, 1.807) is 0 Å². The quantitative estimate of drug-likeness (QED) is 0.614. The Balaban J connectivity index is 1.54. The number of aliphatic carboxylic acids is 1. The highest BCUT2D eigenvalue weighted by molar-refractivity contribution is 6.30. The number of carboxylic acids is 1. The fourth-order valence-electron chi connectivity index (χ4n) is 5.24. The SMILES string of the molecule is CC1(C)CN(C2CC(c3ccccc3)c3ccc(Cl)cc32)CC[N+]1(C)OC(=O)CCC(=O)O. The molecule has 176 valence electrons. The Kier molecular flexibility index (Phi) is 6.54. The lowest BCUT2D eigenvalue weighted by Crippen LogP contribution is -2.69. The molecule has 4 rings (SSSR count). The molecule has 1 aliphatic heterocycles. The predicted molar refractivity (Wildman–Crippen MR) is 127 cm³/mol. The summed E-state index contributed by atoms with van der Waals surface area (Å²) in [6.45, 7) is 6.35. The molecule has 0 spiro atoms. The van der Waals surface area contributed by atoms with Gasteiger partial charge in [-0.1, -0.05) is 48.0 Å². The number of benzene rings is 2. The van der Waals surface area contributed by atoms with E-state index in [2.05, 4.69) is 55.1 Å². The van der Waals surface area contributed by atoms with Gasteiger partial charge in [0.25, 0.3) is 0 Å². The average molecular weight is 472 g/mol. The van der Waals surface area contributed by atoms with Crippen molar-refractivity contribution in [1.29, 1.82) is 0 Å². The van der Waals surface area contributed by atoms with E-state index in [-0.39, 0.29) is 29.1 Å². The molecular weight excluding hydrogens is 440 g/mol. The largest absolute Gasteiger partial charge is 0.481 e. The molecule has 7 heteroatoms. The first-order valence-electron chi connectivity index (χ1n) is 11.5. The van der Waals surface area contributed by atoms with Crippen LogP contribution in [0.5, 0.6) is 0 Å². The van der Waals surface area contributed by atoms with E-state index in [4.69, 9.17) is 21.5 Å². The molecule has 3 atom stereocenters. The minimum atomic E-state index is -0.995. The summed E-state index contributed by atoms with van der Waals surface area (Å²) in [7, 11) is 1.92. The van der Waals surface area contributed by atoms with E-state index < -0.39 is 11.9 Å². The van der Waals surface area contributed by atoms with Gasteiger partial charge < -0.3 is 5.11 Å². The number of piperazine rings is 1. The third-order valence-corrected chi connectivity index (χ3v) is 7.65. The number of carboxylic acid groups (broad SMARTS) is 1. The Morgan fingerprint density at radius 1 is 1.15 bits per heavy atom. The van der Waals surface area contributed by atoms with Crippen molar-refractivity contribution in [1.82, 2.24) is 4.90 Å². The van der Waals surface area contributed by atoms with Gasteiger partial charge >= 0.3 is 11.9 Å². The maximum atomic E-state index is 12.3. The summed E-state index contributed by atoms with van der Waals surface area (Å²) in [5.74, 6) is -1.14. The Bertz CT molecular complexity index is 1040. The molecule has 1 heterocycles. The maximum Gasteiger partial charge on any atom is 0.367 e. The molecule has 0 bridgehead atoms. The van der Waals surface area contributed by atoms with E-state index in [1.807, 2.05) is 19.2 Å². The van der Waals surface area contributed by atoms with Crippen molar-refractivity contribution in [2.75, 3.05) is 26.7 Å². The van der Waals surface area contributed by atoms with E-state index in [0.717, 1.165) is 24.5 Å². The third kappa shape index (κ3) is 4.79. The van der Waals surface area contributed by atoms with Crippen LogP contribution in [-0.4, -0.2) is 58.8 Å². The van der Waals surface area contributed by atoms with Crippen molar-refractivity contribution in [3.63, 3.8) is 0 Å². The number of carbonyl (C=O) groups is 2. The van der Waals surface area contributed by atoms with Crippen LogP contribution < -0.4 is 0 Å². The summed E-state index contributed by atoms with van der Waals surface area (Å²) >= 11 is 6.41. The van der Waals surface area contributed by atoms with Crippen molar-refractivity contribution in [2.45, 2.75) is 50.6 Å². The number of quaternary nitrogens is 1. The highest BCUT2D eigenvalue weighted by Gasteiger charge is 2.51. The van der Waals surface area contributed by atoms with Gasteiger partial charge in [-0.3, -0.25) is 14.5 Å². The van der Waals surface area contributed by atoms with Crippen LogP contribution in [-0.2, 0) is 14.4 Å². The zero-order valence-electron chi connectivity index (χ0n) is 19.5. The van der Waals surface area contributed by atoms with Crippen LogP contribution in [0.2, 0.25) is 5.02 Å². The number of likely N-dealkylation sites (N-methyl/N-ethyl adjacent to an activating group) is 1. The van der Waals surface area contributed by atoms with Crippen molar-refractivity contribution < 1.29 is 24.2 Å². The van der Waals surface area contributed by atoms with Gasteiger partial charge in [-0.15, -0.1) is 4.65 Å². The molecule has 1 saturated heterocycles. The lowest BCUT2D eigenvalue weighted by Gasteiger charge is -2.51. The fraction of sp³-hybridized carbons (Fsp3) is 0.462. The molecule has 0 amide bonds. The number of fused-ring (bicyclic) bond motifs is 1. The second-order valence-electron chi connectivity index (χ2n) is 9.95. The first-order valence-corrected chi connectivity index (χ1v) is 11.9. The monoisotopic (exact) mass is 471 g/mol. The zero-order chi connectivity index (χ0) is 23.8. The Morgan fingerprint density at radius 2 is 1.88 bits per heavy atom. The molecule has 0 radical (unpaired) electrons. The molecule has 6 nitrogen and oxygen atoms in total. The third-order valence-electron chi connectivity index (χ3n) is 7.42. The highest BCUT2D eigenvalue weighted by Crippen LogP contribution is 2.48. The molecule has 0 saturated carbocycles. The predicted octanol–water partition coefficient (Wildman–Crippen LogP) is 4.78. The molecule has 0 aromatic heterocycles. The number of rotatable bonds is 6. The second-order valence-corrected chi connectivity index (χ2v) is 10.4. The van der Waals surface area contributed by atoms with Gasteiger partial charge in [0, 0.05) is 17.0 Å². The molecule has 2 aliphatic rings. The minimum Gasteiger partial charge on any atom is -0.481 e. The summed E-state index contributed by atoms with van der Waals surface area (Å²) in [5.41, 5.74) is 3.56. The summed E-state index contributed by atoms with van der Waals surface area (Å²) < 4.78 is 0.138. The molecule has 33 heavy (non-hydrogen) atoms. The van der Waals surface area contributed by atoms with Gasteiger partial charge in [-0.05, 0) is 49.1 Å². The maximum absolute atomic E-state index is 12.3. The molecular formula is C26H32ClN2O4+. The Hall–Kier alpha value is -2.41. The number of halogens is 1. The van der Waals surface area contributed by atoms with Gasteiger partial charge in [-0.25, -0.2) is 4.79 Å². The van der Waals surface area contributed by atoms with Crippen molar-refractivity contribution >= 4 is 23.5 Å². The standard InChI is InChI=1S/C26H31ClN2O4/c1-26(2)17-28(13-14-29(26,3)33-25(32)12-11-24(30)31)23-16-21(18-7-5-4-6-8-18)20-10-9-19(27)15-22(20)23/h4-10,15,21,23H,11-14,16-17H2,1-3H3/p+1. The Labute approximate surface area is 200 Å². The number of nitrogens with zero attached hydrogens (tertiary/aromatic N) is 2. The summed E-state index contributed by atoms with van der Waals surface area (Å²) in [6.07, 6.45) is 0.653. The smallest absolute Gasteiger partial charge is 0.367 e. The van der Waals surface area contributed by atoms with Crippen LogP contribution in [0.25, 0.3) is 0 Å². The fourth-order valence-corrected chi connectivity index (χ4v) is 5.42. The van der Waals surface area contributed by atoms with E-state index >= 15 is 0 Å². The molecule has 1 aliphatic carbocycles. The number of carbonyl (C=O) groups excluding carboxylic acids is 1. The average Bonchev–Trinajstić information content (AvgIpc) is 3.13. The van der Waals surface area contributed by atoms with E-state index in [1.165, 1.54) is 16.7 Å². The summed E-state index contributed by atoms with van der Waals surface area (Å²) in [6, 6.07) is 17.1. The summed E-state index contributed by atoms with van der Waals surface area (Å²) in [5, 5.41) is 9.61. The van der Waals surface area contributed by atoms with Crippen molar-refractivity contribution in [2.24, 2.45) is 0 Å². The van der Waals surface area contributed by atoms with Gasteiger partial charge in [0.05, 0.1) is 25.9 Å². The van der Waals surface area contributed by atoms with Crippen molar-refractivity contribution in [3.05, 3.63) is 70.2 Å². The molecule has 1 N–H and O–H groups in total. The van der Waals surface area contributed by atoms with Crippen LogP contribution >= 0.6 is 11.6 Å². The number of hydroxylamine groups is 3. The van der Waals surface area contributed by atoms with Gasteiger partial charge in [0.1, 0.15) is 19.1 Å². The van der Waals surface area contributed by atoms with Gasteiger partial charge in [0.2, 0.25) is 0 Å². The van der Waals surface area contributed by atoms with E-state index in [9.17, 15) is 9.59 Å². The first-order chi connectivity index (χ1) is 15.6. The van der Waals surface area contributed by atoms with Crippen LogP contribution in [0.4, 0.5) is 0 Å². The zero-order valence-corrected chi connectivity index (χ0v) is 20.2. The van der Waals surface area contributed by atoms with Crippen LogP contribution in [0, 0.1) is 0 Å². The second kappa shape index (κ2) is 9.09. The van der Waals surface area contributed by atoms with Gasteiger partial charge in [-0.2, -0.15) is 0 Å². The normalized spacial score (nSPS) is 26.5. The van der Waals surface area contributed by atoms with E-state index in [0.29, 0.717) is 12.5 Å². The minimum absolute atomic E-state index is 0.115. The highest BCUT2D eigenvalue weighted by atomic mass is 35.5. The van der Waals surface area contributed by atoms with Gasteiger partial charge in [0.15, 0.2) is 0 Å². The molecule has 2 aromatic rings. The first kappa shape index (κ1) is 23.7. The molecule has 2 aromatic carbocycles. The van der Waals surface area contributed by atoms with Crippen LogP contribution in [0.3, 0.4) is 0 Å². The van der Waals surface area contributed by atoms with Crippen LogP contribution in [0.1, 0.15) is 61.8 Å².